The van der Waals surface area contributed by atoms with Crippen molar-refractivity contribution in [3.63, 3.8) is 0 Å². The number of carbonyl (C=O) groups excluding carboxylic acids is 1. The summed E-state index contributed by atoms with van der Waals surface area (Å²) in [5.41, 5.74) is 5.55. The maximum Gasteiger partial charge on any atom is 0.247 e. The first-order chi connectivity index (χ1) is 9.25. The molecule has 2 N–H and O–H groups in total. The molecule has 0 saturated carbocycles. The number of amides is 1. The van der Waals surface area contributed by atoms with Crippen LogP contribution in [0.2, 0.25) is 0 Å². The molecule has 0 spiro atoms. The van der Waals surface area contributed by atoms with Gasteiger partial charge in [0.05, 0.1) is 6.10 Å². The number of thiophene rings is 1. The molecule has 5 heteroatoms. The number of hydrogen-bond donors (Lipinski definition) is 1. The fourth-order valence-corrected chi connectivity index (χ4v) is 3.52. The van der Waals surface area contributed by atoms with Gasteiger partial charge in [0.25, 0.3) is 0 Å². The summed E-state index contributed by atoms with van der Waals surface area (Å²) in [6, 6.07) is 4.39. The molecule has 4 nitrogen and oxygen atoms in total. The van der Waals surface area contributed by atoms with Gasteiger partial charge in [0.1, 0.15) is 6.10 Å². The van der Waals surface area contributed by atoms with Crippen LogP contribution in [-0.4, -0.2) is 36.1 Å². The topological polar surface area (TPSA) is 55.6 Å². The Balaban J connectivity index is 2.02. The molecule has 0 aromatic carbocycles. The Morgan fingerprint density at radius 3 is 2.70 bits per heavy atom. The van der Waals surface area contributed by atoms with Gasteiger partial charge in [-0.15, -0.1) is 11.3 Å². The molecular weight excluding hydrogens is 272 g/mol. The molecule has 1 aliphatic heterocycles. The number of rotatable bonds is 3. The summed E-state index contributed by atoms with van der Waals surface area (Å²) < 4.78 is 5.56. The number of morpholine rings is 1. The second kappa shape index (κ2) is 5.84. The molecule has 112 valence electrons. The summed E-state index contributed by atoms with van der Waals surface area (Å²) in [6.45, 7) is 10.9. The van der Waals surface area contributed by atoms with Crippen molar-refractivity contribution in [1.29, 1.82) is 0 Å². The van der Waals surface area contributed by atoms with Gasteiger partial charge in [0.15, 0.2) is 0 Å². The summed E-state index contributed by atoms with van der Waals surface area (Å²) in [7, 11) is 0. The summed E-state index contributed by atoms with van der Waals surface area (Å²) >= 11 is 1.85. The molecule has 1 aliphatic rings. The van der Waals surface area contributed by atoms with Gasteiger partial charge in [-0.05, 0) is 24.5 Å². The van der Waals surface area contributed by atoms with E-state index in [2.05, 4.69) is 37.8 Å². The largest absolute Gasteiger partial charge is 0.367 e. The van der Waals surface area contributed by atoms with Crippen molar-refractivity contribution in [2.45, 2.75) is 51.9 Å². The summed E-state index contributed by atoms with van der Waals surface area (Å²) in [4.78, 5) is 16.3. The Morgan fingerprint density at radius 2 is 2.15 bits per heavy atom. The van der Waals surface area contributed by atoms with Gasteiger partial charge < -0.3 is 10.5 Å². The second-order valence-corrected chi connectivity index (χ2v) is 7.72. The number of hydrogen-bond acceptors (Lipinski definition) is 4. The fourth-order valence-electron chi connectivity index (χ4n) is 2.41. The number of carbonyl (C=O) groups is 1. The fraction of sp³-hybridized carbons (Fsp3) is 0.667. The molecule has 0 unspecified atom stereocenters. The van der Waals surface area contributed by atoms with Crippen LogP contribution in [0.1, 0.15) is 37.4 Å². The van der Waals surface area contributed by atoms with E-state index in [-0.39, 0.29) is 17.4 Å². The van der Waals surface area contributed by atoms with Gasteiger partial charge in [-0.3, -0.25) is 9.69 Å². The van der Waals surface area contributed by atoms with E-state index in [0.717, 1.165) is 13.1 Å². The molecule has 0 radical (unpaired) electrons. The first kappa shape index (κ1) is 15.5. The van der Waals surface area contributed by atoms with E-state index < -0.39 is 6.10 Å². The maximum absolute atomic E-state index is 11.3. The number of primary amides is 1. The molecule has 2 atom stereocenters. The number of nitrogens with zero attached hydrogens (tertiary/aromatic N) is 1. The van der Waals surface area contributed by atoms with Crippen LogP contribution in [0.5, 0.6) is 0 Å². The van der Waals surface area contributed by atoms with Crippen LogP contribution in [-0.2, 0) is 21.5 Å². The highest BCUT2D eigenvalue weighted by Gasteiger charge is 2.29. The van der Waals surface area contributed by atoms with E-state index in [1.807, 2.05) is 18.3 Å². The molecule has 2 rings (SSSR count). The lowest BCUT2D eigenvalue weighted by Gasteiger charge is -2.35. The lowest BCUT2D eigenvalue weighted by molar-refractivity contribution is -0.142. The first-order valence-electron chi connectivity index (χ1n) is 7.02. The molecule has 1 aromatic heterocycles. The summed E-state index contributed by atoms with van der Waals surface area (Å²) in [6.07, 6.45) is -0.441. The molecule has 1 aromatic rings. The van der Waals surface area contributed by atoms with Crippen LogP contribution < -0.4 is 5.73 Å². The Bertz CT molecular complexity index is 478. The minimum absolute atomic E-state index is 0.0447. The predicted octanol–water partition coefficient (Wildman–Crippen LogP) is 2.12. The Labute approximate surface area is 124 Å². The normalized spacial score (nSPS) is 24.8. The zero-order valence-electron chi connectivity index (χ0n) is 12.7. The predicted molar refractivity (Wildman–Crippen MR) is 81.8 cm³/mol. The Morgan fingerprint density at radius 1 is 1.45 bits per heavy atom. The van der Waals surface area contributed by atoms with Crippen LogP contribution in [0.3, 0.4) is 0 Å². The van der Waals surface area contributed by atoms with Crippen molar-refractivity contribution < 1.29 is 9.53 Å². The quantitative estimate of drug-likeness (QED) is 0.929. The van der Waals surface area contributed by atoms with E-state index in [0.29, 0.717) is 6.54 Å². The van der Waals surface area contributed by atoms with Gasteiger partial charge in [-0.25, -0.2) is 0 Å². The number of nitrogens with two attached hydrogens (primary N) is 1. The third-order valence-corrected chi connectivity index (χ3v) is 4.93. The van der Waals surface area contributed by atoms with Crippen molar-refractivity contribution in [1.82, 2.24) is 4.90 Å². The highest BCUT2D eigenvalue weighted by Crippen LogP contribution is 2.30. The highest BCUT2D eigenvalue weighted by atomic mass is 32.1. The third kappa shape index (κ3) is 3.81. The van der Waals surface area contributed by atoms with Gasteiger partial charge in [0.2, 0.25) is 5.91 Å². The van der Waals surface area contributed by atoms with Crippen molar-refractivity contribution in [2.75, 3.05) is 13.1 Å². The molecule has 1 saturated heterocycles. The van der Waals surface area contributed by atoms with Gasteiger partial charge >= 0.3 is 0 Å². The summed E-state index contributed by atoms with van der Waals surface area (Å²) in [5, 5.41) is 0. The van der Waals surface area contributed by atoms with Crippen LogP contribution in [0, 0.1) is 0 Å². The molecule has 1 amide bonds. The van der Waals surface area contributed by atoms with Gasteiger partial charge in [0, 0.05) is 29.4 Å². The molecule has 0 bridgehead atoms. The standard InChI is InChI=1S/C15H24N2O2S/c1-10-7-17(9-12(19-10)14(16)18)8-11-5-6-13(20-11)15(2,3)4/h5-6,10,12H,7-9H2,1-4H3,(H2,16,18)/t10-,12-/m1/s1. The van der Waals surface area contributed by atoms with Crippen LogP contribution >= 0.6 is 11.3 Å². The SMILES string of the molecule is C[C@@H]1CN(Cc2ccc(C(C)(C)C)s2)C[C@H](C(N)=O)O1. The molecular formula is C15H24N2O2S. The monoisotopic (exact) mass is 296 g/mol. The van der Waals surface area contributed by atoms with E-state index >= 15 is 0 Å². The smallest absolute Gasteiger partial charge is 0.247 e. The van der Waals surface area contributed by atoms with E-state index in [1.54, 1.807) is 0 Å². The van der Waals surface area contributed by atoms with Crippen LogP contribution in [0.25, 0.3) is 0 Å². The summed E-state index contributed by atoms with van der Waals surface area (Å²) in [5.74, 6) is -0.372. The average molecular weight is 296 g/mol. The minimum atomic E-state index is -0.485. The molecule has 0 aliphatic carbocycles. The zero-order chi connectivity index (χ0) is 14.9. The van der Waals surface area contributed by atoms with Gasteiger partial charge in [-0.1, -0.05) is 20.8 Å². The van der Waals surface area contributed by atoms with Crippen molar-refractivity contribution in [3.05, 3.63) is 21.9 Å². The minimum Gasteiger partial charge on any atom is -0.367 e. The van der Waals surface area contributed by atoms with E-state index in [1.165, 1.54) is 9.75 Å². The zero-order valence-corrected chi connectivity index (χ0v) is 13.5. The molecule has 2 heterocycles. The molecule has 1 fully saturated rings. The van der Waals surface area contributed by atoms with Crippen molar-refractivity contribution in [2.24, 2.45) is 5.73 Å². The lowest BCUT2D eigenvalue weighted by Crippen LogP contribution is -2.51. The van der Waals surface area contributed by atoms with Crippen molar-refractivity contribution in [3.8, 4) is 0 Å². The van der Waals surface area contributed by atoms with Crippen molar-refractivity contribution >= 4 is 17.2 Å². The Kier molecular flexibility index (Phi) is 4.52. The molecule has 20 heavy (non-hydrogen) atoms. The maximum atomic E-state index is 11.3. The van der Waals surface area contributed by atoms with E-state index in [9.17, 15) is 4.79 Å². The van der Waals surface area contributed by atoms with Crippen LogP contribution in [0.4, 0.5) is 0 Å². The third-order valence-electron chi connectivity index (χ3n) is 3.43. The lowest BCUT2D eigenvalue weighted by atomic mass is 9.95. The van der Waals surface area contributed by atoms with Gasteiger partial charge in [-0.2, -0.15) is 0 Å². The Hall–Kier alpha value is -0.910. The van der Waals surface area contributed by atoms with Crippen LogP contribution in [0.15, 0.2) is 12.1 Å². The number of ether oxygens (including phenoxy) is 1. The second-order valence-electron chi connectivity index (χ2n) is 6.55. The average Bonchev–Trinajstić information content (AvgIpc) is 2.76. The highest BCUT2D eigenvalue weighted by molar-refractivity contribution is 7.12. The van der Waals surface area contributed by atoms with E-state index in [4.69, 9.17) is 10.5 Å². The first-order valence-corrected chi connectivity index (χ1v) is 7.83.